The second kappa shape index (κ2) is 16.0. The van der Waals surface area contributed by atoms with Crippen LogP contribution in [0.2, 0.25) is 0 Å². The number of aryl methyl sites for hydroxylation is 1. The van der Waals surface area contributed by atoms with Gasteiger partial charge in [-0.05, 0) is 104 Å². The highest BCUT2D eigenvalue weighted by molar-refractivity contribution is 6.22. The van der Waals surface area contributed by atoms with Crippen molar-refractivity contribution in [3.8, 4) is 23.0 Å². The van der Waals surface area contributed by atoms with Gasteiger partial charge in [-0.25, -0.2) is 0 Å². The van der Waals surface area contributed by atoms with Gasteiger partial charge in [-0.15, -0.1) is 0 Å². The molecular formula is C51H47N3O8. The number of amides is 4. The van der Waals surface area contributed by atoms with E-state index in [-0.39, 0.29) is 42.8 Å². The standard InChI is InChI=1S/C51H47N3O8/c1-5-62-44-28-33(17-25-42(44)55)46-38-23-24-39-45(49(58)53(47(39)56)36-20-14-31(15-21-36)13-16-32-27-37(60-3)22-26-43(32)61-4)40(38)29-41-48(57)54(52-35-18-11-30(2)12-19-35)50(59)51(41,46)34-9-7-6-8-10-34/h6-23,25-28,39-41,45-46,52,55H,5,24,29H2,1-4H3/t39-,40+,41-,45-,46-,51+/m0/s1. The van der Waals surface area contributed by atoms with Gasteiger partial charge in [0.2, 0.25) is 11.8 Å². The number of aromatic hydroxyl groups is 1. The molecule has 1 saturated carbocycles. The zero-order chi connectivity index (χ0) is 43.3. The molecule has 11 heteroatoms. The summed E-state index contributed by atoms with van der Waals surface area (Å²) in [5.41, 5.74) is 7.54. The van der Waals surface area contributed by atoms with E-state index in [0.29, 0.717) is 34.0 Å². The highest BCUT2D eigenvalue weighted by atomic mass is 16.5. The number of benzene rings is 5. The number of imide groups is 2. The predicted octanol–water partition coefficient (Wildman–Crippen LogP) is 8.48. The maximum atomic E-state index is 15.5. The Kier molecular flexibility index (Phi) is 10.4. The van der Waals surface area contributed by atoms with Gasteiger partial charge in [-0.2, -0.15) is 5.01 Å². The predicted molar refractivity (Wildman–Crippen MR) is 235 cm³/mol. The number of allylic oxidation sites excluding steroid dienone is 2. The third-order valence-corrected chi connectivity index (χ3v) is 13.1. The fourth-order valence-corrected chi connectivity index (χ4v) is 10.2. The normalized spacial score (nSPS) is 24.1. The number of anilines is 2. The minimum atomic E-state index is -1.45. The second-order valence-electron chi connectivity index (χ2n) is 16.3. The first-order valence-corrected chi connectivity index (χ1v) is 20.9. The lowest BCUT2D eigenvalue weighted by Crippen LogP contribution is -2.53. The van der Waals surface area contributed by atoms with E-state index in [2.05, 4.69) is 5.43 Å². The summed E-state index contributed by atoms with van der Waals surface area (Å²) >= 11 is 0. The van der Waals surface area contributed by atoms with Gasteiger partial charge in [0.25, 0.3) is 11.8 Å². The van der Waals surface area contributed by atoms with Gasteiger partial charge in [0.1, 0.15) is 11.5 Å². The number of hydrogen-bond acceptors (Lipinski definition) is 9. The van der Waals surface area contributed by atoms with Crippen molar-refractivity contribution in [1.29, 1.82) is 0 Å². The molecule has 2 saturated heterocycles. The summed E-state index contributed by atoms with van der Waals surface area (Å²) < 4.78 is 16.8. The van der Waals surface area contributed by atoms with Gasteiger partial charge in [0.05, 0.1) is 55.4 Å². The molecule has 5 aromatic carbocycles. The lowest BCUT2D eigenvalue weighted by atomic mass is 9.49. The highest BCUT2D eigenvalue weighted by Gasteiger charge is 2.70. The van der Waals surface area contributed by atoms with Crippen LogP contribution in [0, 0.1) is 30.6 Å². The van der Waals surface area contributed by atoms with E-state index >= 15 is 9.59 Å². The minimum Gasteiger partial charge on any atom is -0.504 e. The first-order valence-electron chi connectivity index (χ1n) is 20.9. The monoisotopic (exact) mass is 829 g/mol. The molecule has 2 N–H and O–H groups in total. The van der Waals surface area contributed by atoms with Gasteiger partial charge in [-0.1, -0.05) is 90.0 Å². The van der Waals surface area contributed by atoms with Gasteiger partial charge >= 0.3 is 0 Å². The van der Waals surface area contributed by atoms with Gasteiger partial charge in [0, 0.05) is 11.5 Å². The molecule has 62 heavy (non-hydrogen) atoms. The van der Waals surface area contributed by atoms with E-state index in [9.17, 15) is 14.7 Å². The molecular weight excluding hydrogens is 783 g/mol. The van der Waals surface area contributed by atoms with Crippen LogP contribution in [0.25, 0.3) is 12.2 Å². The highest BCUT2D eigenvalue weighted by Crippen LogP contribution is 2.64. The molecule has 4 amide bonds. The quantitative estimate of drug-likeness (QED) is 0.0764. The topological polar surface area (TPSA) is 135 Å². The molecule has 0 unspecified atom stereocenters. The molecule has 2 aliphatic carbocycles. The summed E-state index contributed by atoms with van der Waals surface area (Å²) in [7, 11) is 3.21. The molecule has 0 bridgehead atoms. The maximum Gasteiger partial charge on any atom is 0.260 e. The second-order valence-corrected chi connectivity index (χ2v) is 16.3. The van der Waals surface area contributed by atoms with E-state index in [4.69, 9.17) is 14.2 Å². The summed E-state index contributed by atoms with van der Waals surface area (Å²) in [5, 5.41) is 12.0. The molecule has 6 atom stereocenters. The Balaban J connectivity index is 1.11. The maximum absolute atomic E-state index is 15.5. The third-order valence-electron chi connectivity index (χ3n) is 13.1. The zero-order valence-electron chi connectivity index (χ0n) is 34.9. The van der Waals surface area contributed by atoms with Crippen molar-refractivity contribution in [2.75, 3.05) is 31.2 Å². The van der Waals surface area contributed by atoms with Crippen LogP contribution in [0.5, 0.6) is 23.0 Å². The Morgan fingerprint density at radius 2 is 1.55 bits per heavy atom. The van der Waals surface area contributed by atoms with E-state index in [1.54, 1.807) is 44.6 Å². The van der Waals surface area contributed by atoms with E-state index in [1.807, 2.05) is 117 Å². The lowest BCUT2D eigenvalue weighted by Gasteiger charge is -2.50. The fraction of sp³-hybridized carbons (Fsp3) is 0.255. The number of hydrogen-bond donors (Lipinski definition) is 2. The van der Waals surface area contributed by atoms with Crippen LogP contribution < -0.4 is 24.5 Å². The molecule has 4 aliphatic rings. The Morgan fingerprint density at radius 1 is 0.790 bits per heavy atom. The Bertz CT molecular complexity index is 2640. The number of phenols is 1. The zero-order valence-corrected chi connectivity index (χ0v) is 34.9. The van der Waals surface area contributed by atoms with Crippen LogP contribution in [-0.2, 0) is 24.6 Å². The van der Waals surface area contributed by atoms with Crippen molar-refractivity contribution in [3.05, 3.63) is 155 Å². The van der Waals surface area contributed by atoms with E-state index in [0.717, 1.165) is 27.3 Å². The minimum absolute atomic E-state index is 0.0591. The van der Waals surface area contributed by atoms with Crippen LogP contribution >= 0.6 is 0 Å². The number of fused-ring (bicyclic) bond motifs is 4. The van der Waals surface area contributed by atoms with E-state index in [1.165, 1.54) is 4.90 Å². The van der Waals surface area contributed by atoms with Gasteiger partial charge in [-0.3, -0.25) is 29.5 Å². The average molecular weight is 830 g/mol. The van der Waals surface area contributed by atoms with Crippen molar-refractivity contribution < 1.29 is 38.5 Å². The van der Waals surface area contributed by atoms with Crippen molar-refractivity contribution >= 4 is 47.2 Å². The summed E-state index contributed by atoms with van der Waals surface area (Å²) in [6.45, 7) is 4.07. The van der Waals surface area contributed by atoms with Crippen LogP contribution in [0.4, 0.5) is 11.4 Å². The van der Waals surface area contributed by atoms with Gasteiger partial charge < -0.3 is 19.3 Å². The first-order chi connectivity index (χ1) is 30.1. The van der Waals surface area contributed by atoms with Crippen LogP contribution in [0.15, 0.2) is 127 Å². The number of carbonyl (C=O) groups is 4. The summed E-state index contributed by atoms with van der Waals surface area (Å²) in [6.07, 6.45) is 6.29. The summed E-state index contributed by atoms with van der Waals surface area (Å²) in [4.78, 5) is 61.1. The number of ether oxygens (including phenoxy) is 3. The first kappa shape index (κ1) is 40.3. The molecule has 2 aliphatic heterocycles. The van der Waals surface area contributed by atoms with Crippen molar-refractivity contribution in [1.82, 2.24) is 5.01 Å². The van der Waals surface area contributed by atoms with E-state index < -0.39 is 46.8 Å². The van der Waals surface area contributed by atoms with Crippen molar-refractivity contribution in [2.45, 2.75) is 38.0 Å². The number of carbonyl (C=O) groups excluding carboxylic acids is 4. The molecule has 9 rings (SSSR count). The van der Waals surface area contributed by atoms with Crippen LogP contribution in [-0.4, -0.2) is 54.6 Å². The molecule has 5 aromatic rings. The van der Waals surface area contributed by atoms with Crippen molar-refractivity contribution in [3.63, 3.8) is 0 Å². The number of nitrogens with one attached hydrogen (secondary N) is 1. The third kappa shape index (κ3) is 6.50. The Labute approximate surface area is 360 Å². The largest absolute Gasteiger partial charge is 0.504 e. The number of phenolic OH excluding ortho intramolecular Hbond substituents is 1. The van der Waals surface area contributed by atoms with Gasteiger partial charge in [0.15, 0.2) is 11.5 Å². The molecule has 11 nitrogen and oxygen atoms in total. The van der Waals surface area contributed by atoms with Crippen molar-refractivity contribution in [2.24, 2.45) is 23.7 Å². The molecule has 3 fully saturated rings. The molecule has 0 radical (unpaired) electrons. The average Bonchev–Trinajstić information content (AvgIpc) is 3.68. The molecule has 0 aromatic heterocycles. The number of rotatable bonds is 11. The Morgan fingerprint density at radius 3 is 2.26 bits per heavy atom. The Hall–Kier alpha value is -7.14. The molecule has 314 valence electrons. The van der Waals surface area contributed by atoms with Crippen LogP contribution in [0.1, 0.15) is 53.5 Å². The summed E-state index contributed by atoms with van der Waals surface area (Å²) in [5.74, 6) is -3.58. The lowest BCUT2D eigenvalue weighted by molar-refractivity contribution is -0.138. The molecule has 2 heterocycles. The van der Waals surface area contributed by atoms with Crippen LogP contribution in [0.3, 0.4) is 0 Å². The SMILES string of the molecule is CCOc1cc([C@H]2C3=CC[C@@H]4C(=O)N(c5ccc(C=Cc6cc(OC)ccc6OC)cc5)C(=O)[C@@H]4[C@@H]3C[C@H]3C(=O)N(Nc4ccc(C)cc4)C(=O)[C@@]23c2ccccc2)ccc1O. The number of nitrogens with zero attached hydrogens (tertiary/aromatic N) is 2. The number of methoxy groups -OCH3 is 2. The fourth-order valence-electron chi connectivity index (χ4n) is 10.2. The smallest absolute Gasteiger partial charge is 0.260 e. The molecule has 0 spiro atoms. The number of hydrazine groups is 1. The summed E-state index contributed by atoms with van der Waals surface area (Å²) in [6, 6.07) is 34.7.